The van der Waals surface area contributed by atoms with E-state index in [0.717, 1.165) is 36.2 Å². The number of piperidine rings is 1. The molecule has 1 saturated heterocycles. The van der Waals surface area contributed by atoms with Crippen LogP contribution in [0.15, 0.2) is 55.0 Å². The van der Waals surface area contributed by atoms with Gasteiger partial charge in [-0.25, -0.2) is 15.0 Å². The predicted molar refractivity (Wildman–Crippen MR) is 94.2 cm³/mol. The Kier molecular flexibility index (Phi) is 4.23. The lowest BCUT2D eigenvalue weighted by atomic mass is 9.98. The number of fused-ring (bicyclic) bond motifs is 1. The van der Waals surface area contributed by atoms with Crippen molar-refractivity contribution in [3.05, 3.63) is 55.0 Å². The largest absolute Gasteiger partial charge is 0.477 e. The first kappa shape index (κ1) is 14.9. The van der Waals surface area contributed by atoms with Gasteiger partial charge in [0.25, 0.3) is 0 Å². The van der Waals surface area contributed by atoms with E-state index < -0.39 is 0 Å². The molecule has 5 nitrogen and oxygen atoms in total. The first-order valence-electron chi connectivity index (χ1n) is 8.39. The van der Waals surface area contributed by atoms with Crippen LogP contribution >= 0.6 is 0 Å². The van der Waals surface area contributed by atoms with Crippen LogP contribution in [0.2, 0.25) is 0 Å². The monoisotopic (exact) mass is 320 g/mol. The van der Waals surface area contributed by atoms with Crippen molar-refractivity contribution in [2.24, 2.45) is 5.92 Å². The maximum absolute atomic E-state index is 5.85. The molecule has 1 atom stereocenters. The van der Waals surface area contributed by atoms with E-state index in [4.69, 9.17) is 4.74 Å². The third kappa shape index (κ3) is 3.15. The van der Waals surface area contributed by atoms with Gasteiger partial charge in [0.2, 0.25) is 5.88 Å². The molecule has 0 aliphatic carbocycles. The van der Waals surface area contributed by atoms with Crippen LogP contribution in [0.4, 0.5) is 5.82 Å². The summed E-state index contributed by atoms with van der Waals surface area (Å²) < 4.78 is 5.85. The summed E-state index contributed by atoms with van der Waals surface area (Å²) in [6.45, 7) is 2.67. The number of benzene rings is 1. The molecule has 3 heterocycles. The fraction of sp³-hybridized carbons (Fsp3) is 0.316. The molecule has 122 valence electrons. The van der Waals surface area contributed by atoms with Gasteiger partial charge < -0.3 is 9.64 Å². The summed E-state index contributed by atoms with van der Waals surface area (Å²) in [5, 5.41) is 1.12. The Labute approximate surface area is 141 Å². The highest BCUT2D eigenvalue weighted by Gasteiger charge is 2.23. The van der Waals surface area contributed by atoms with Crippen LogP contribution in [0.5, 0.6) is 5.88 Å². The number of aromatic nitrogens is 3. The van der Waals surface area contributed by atoms with Crippen molar-refractivity contribution in [2.45, 2.75) is 12.8 Å². The van der Waals surface area contributed by atoms with E-state index in [9.17, 15) is 0 Å². The van der Waals surface area contributed by atoms with Crippen molar-refractivity contribution in [2.75, 3.05) is 24.6 Å². The molecule has 24 heavy (non-hydrogen) atoms. The molecule has 0 amide bonds. The van der Waals surface area contributed by atoms with Gasteiger partial charge in [-0.2, -0.15) is 0 Å². The number of pyridine rings is 1. The SMILES string of the molecule is c1ccc(OCC2CCCN(c3ncnc4ccccc34)C2)nc1. The van der Waals surface area contributed by atoms with Gasteiger partial charge in [0.15, 0.2) is 0 Å². The number of hydrogen-bond acceptors (Lipinski definition) is 5. The Hall–Kier alpha value is -2.69. The lowest BCUT2D eigenvalue weighted by Crippen LogP contribution is -2.38. The first-order valence-corrected chi connectivity index (χ1v) is 8.39. The van der Waals surface area contributed by atoms with E-state index in [0.29, 0.717) is 18.4 Å². The third-order valence-electron chi connectivity index (χ3n) is 4.44. The maximum Gasteiger partial charge on any atom is 0.213 e. The minimum atomic E-state index is 0.481. The summed E-state index contributed by atoms with van der Waals surface area (Å²) in [6, 6.07) is 13.9. The van der Waals surface area contributed by atoms with E-state index in [-0.39, 0.29) is 0 Å². The van der Waals surface area contributed by atoms with Gasteiger partial charge in [0.05, 0.1) is 12.1 Å². The summed E-state index contributed by atoms with van der Waals surface area (Å²) in [6.07, 6.45) is 5.74. The van der Waals surface area contributed by atoms with Crippen LogP contribution < -0.4 is 9.64 Å². The minimum absolute atomic E-state index is 0.481. The third-order valence-corrected chi connectivity index (χ3v) is 4.44. The molecular weight excluding hydrogens is 300 g/mol. The van der Waals surface area contributed by atoms with Gasteiger partial charge in [0, 0.05) is 36.7 Å². The molecule has 1 aromatic carbocycles. The van der Waals surface area contributed by atoms with E-state index in [1.165, 1.54) is 6.42 Å². The van der Waals surface area contributed by atoms with Gasteiger partial charge in [-0.15, -0.1) is 0 Å². The molecule has 4 rings (SSSR count). The molecule has 0 bridgehead atoms. The molecule has 0 radical (unpaired) electrons. The zero-order valence-corrected chi connectivity index (χ0v) is 13.5. The van der Waals surface area contributed by atoms with Gasteiger partial charge in [-0.3, -0.25) is 0 Å². The molecule has 1 aliphatic heterocycles. The van der Waals surface area contributed by atoms with E-state index in [1.807, 2.05) is 36.4 Å². The van der Waals surface area contributed by atoms with Gasteiger partial charge in [-0.1, -0.05) is 18.2 Å². The fourth-order valence-corrected chi connectivity index (χ4v) is 3.27. The van der Waals surface area contributed by atoms with Crippen molar-refractivity contribution in [3.8, 4) is 5.88 Å². The zero-order valence-electron chi connectivity index (χ0n) is 13.5. The Morgan fingerprint density at radius 3 is 2.88 bits per heavy atom. The molecular formula is C19H20N4O. The Morgan fingerprint density at radius 2 is 1.96 bits per heavy atom. The molecule has 0 spiro atoms. The number of nitrogens with zero attached hydrogens (tertiary/aromatic N) is 4. The average Bonchev–Trinajstić information content (AvgIpc) is 2.67. The Bertz CT molecular complexity index is 803. The topological polar surface area (TPSA) is 51.1 Å². The molecule has 2 aromatic heterocycles. The molecule has 5 heteroatoms. The van der Waals surface area contributed by atoms with Crippen LogP contribution in [0, 0.1) is 5.92 Å². The normalized spacial score (nSPS) is 17.8. The quantitative estimate of drug-likeness (QED) is 0.738. The summed E-state index contributed by atoms with van der Waals surface area (Å²) >= 11 is 0. The lowest BCUT2D eigenvalue weighted by Gasteiger charge is -2.33. The molecule has 1 aliphatic rings. The molecule has 3 aromatic rings. The van der Waals surface area contributed by atoms with Crippen molar-refractivity contribution >= 4 is 16.7 Å². The Morgan fingerprint density at radius 1 is 1.04 bits per heavy atom. The molecule has 0 saturated carbocycles. The van der Waals surface area contributed by atoms with Crippen LogP contribution in [-0.2, 0) is 0 Å². The van der Waals surface area contributed by atoms with Crippen molar-refractivity contribution in [1.82, 2.24) is 15.0 Å². The van der Waals surface area contributed by atoms with Gasteiger partial charge in [0.1, 0.15) is 12.1 Å². The number of ether oxygens (including phenoxy) is 1. The van der Waals surface area contributed by atoms with Gasteiger partial charge >= 0.3 is 0 Å². The molecule has 1 fully saturated rings. The van der Waals surface area contributed by atoms with Crippen LogP contribution in [0.1, 0.15) is 12.8 Å². The van der Waals surface area contributed by atoms with Crippen LogP contribution in [0.25, 0.3) is 10.9 Å². The van der Waals surface area contributed by atoms with E-state index in [1.54, 1.807) is 12.5 Å². The number of para-hydroxylation sites is 1. The summed E-state index contributed by atoms with van der Waals surface area (Å²) in [4.78, 5) is 15.5. The van der Waals surface area contributed by atoms with E-state index in [2.05, 4.69) is 25.9 Å². The van der Waals surface area contributed by atoms with Gasteiger partial charge in [-0.05, 0) is 31.0 Å². The second-order valence-corrected chi connectivity index (χ2v) is 6.15. The number of hydrogen-bond donors (Lipinski definition) is 0. The minimum Gasteiger partial charge on any atom is -0.477 e. The Balaban J connectivity index is 1.48. The molecule has 0 N–H and O–H groups in total. The van der Waals surface area contributed by atoms with Crippen molar-refractivity contribution in [1.29, 1.82) is 0 Å². The fourth-order valence-electron chi connectivity index (χ4n) is 3.27. The smallest absolute Gasteiger partial charge is 0.213 e. The number of anilines is 1. The highest BCUT2D eigenvalue weighted by molar-refractivity contribution is 5.89. The second kappa shape index (κ2) is 6.83. The van der Waals surface area contributed by atoms with Crippen LogP contribution in [0.3, 0.4) is 0 Å². The zero-order chi connectivity index (χ0) is 16.2. The average molecular weight is 320 g/mol. The first-order chi connectivity index (χ1) is 11.9. The maximum atomic E-state index is 5.85. The second-order valence-electron chi connectivity index (χ2n) is 6.15. The van der Waals surface area contributed by atoms with Crippen molar-refractivity contribution < 1.29 is 4.74 Å². The highest BCUT2D eigenvalue weighted by atomic mass is 16.5. The lowest BCUT2D eigenvalue weighted by molar-refractivity contribution is 0.221. The summed E-state index contributed by atoms with van der Waals surface area (Å²) in [5.41, 5.74) is 0.995. The van der Waals surface area contributed by atoms with Crippen molar-refractivity contribution in [3.63, 3.8) is 0 Å². The highest BCUT2D eigenvalue weighted by Crippen LogP contribution is 2.27. The van der Waals surface area contributed by atoms with E-state index >= 15 is 0 Å². The summed E-state index contributed by atoms with van der Waals surface area (Å²) in [5.74, 6) is 2.21. The predicted octanol–water partition coefficient (Wildman–Crippen LogP) is 3.32. The molecule has 1 unspecified atom stereocenters. The standard InChI is InChI=1S/C19H20N4O/c1-2-8-17-16(7-1)19(22-14-21-17)23-11-5-6-15(12-23)13-24-18-9-3-4-10-20-18/h1-4,7-10,14-15H,5-6,11-13H2. The number of rotatable bonds is 4. The van der Waals surface area contributed by atoms with Crippen LogP contribution in [-0.4, -0.2) is 34.6 Å². The summed E-state index contributed by atoms with van der Waals surface area (Å²) in [7, 11) is 0.